The van der Waals surface area contributed by atoms with Crippen LogP contribution >= 0.6 is 7.82 Å². The summed E-state index contributed by atoms with van der Waals surface area (Å²) in [5.74, 6) is -0.882. The Kier molecular flexibility index (Phi) is 55.6. The van der Waals surface area contributed by atoms with E-state index in [2.05, 4.69) is 184 Å². The van der Waals surface area contributed by atoms with Gasteiger partial charge in [0.25, 0.3) is 0 Å². The molecule has 0 spiro atoms. The van der Waals surface area contributed by atoms with Crippen LogP contribution in [0.4, 0.5) is 0 Å². The second kappa shape index (κ2) is 59.0. The number of ether oxygens (including phenoxy) is 2. The third-order valence-electron chi connectivity index (χ3n) is 12.2. The average molecular weight is 1130 g/mol. The van der Waals surface area contributed by atoms with E-state index in [0.717, 1.165) is 122 Å². The molecule has 0 aromatic carbocycles. The van der Waals surface area contributed by atoms with Crippen LogP contribution in [0.15, 0.2) is 170 Å². The molecule has 2 unspecified atom stereocenters. The van der Waals surface area contributed by atoms with Crippen molar-refractivity contribution in [3.05, 3.63) is 170 Å². The lowest BCUT2D eigenvalue weighted by molar-refractivity contribution is -0.870. The molecule has 0 bridgehead atoms. The molecule has 9 nitrogen and oxygen atoms in total. The fourth-order valence-electron chi connectivity index (χ4n) is 7.57. The summed E-state index contributed by atoms with van der Waals surface area (Å²) in [5, 5.41) is 0. The van der Waals surface area contributed by atoms with E-state index >= 15 is 0 Å². The first kappa shape index (κ1) is 75.4. The highest BCUT2D eigenvalue weighted by molar-refractivity contribution is 7.47. The van der Waals surface area contributed by atoms with Crippen LogP contribution in [0.2, 0.25) is 0 Å². The molecule has 0 aliphatic rings. The lowest BCUT2D eigenvalue weighted by Crippen LogP contribution is -2.37. The van der Waals surface area contributed by atoms with Gasteiger partial charge in [-0.1, -0.05) is 242 Å². The van der Waals surface area contributed by atoms with E-state index < -0.39 is 32.5 Å². The summed E-state index contributed by atoms with van der Waals surface area (Å²) in [6.07, 6.45) is 90.2. The molecule has 0 aliphatic heterocycles. The molecular weight excluding hydrogens is 1010 g/mol. The van der Waals surface area contributed by atoms with Crippen LogP contribution in [-0.4, -0.2) is 74.9 Å². The van der Waals surface area contributed by atoms with Crippen LogP contribution in [0.25, 0.3) is 0 Å². The van der Waals surface area contributed by atoms with Crippen molar-refractivity contribution in [2.24, 2.45) is 0 Å². The Hall–Kier alpha value is -4.63. The molecular formula is C70H113NO8P+. The van der Waals surface area contributed by atoms with Crippen molar-refractivity contribution in [2.45, 2.75) is 213 Å². The number of phosphoric acid groups is 1. The van der Waals surface area contributed by atoms with E-state index in [1.807, 2.05) is 21.1 Å². The molecule has 10 heteroatoms. The molecule has 0 saturated heterocycles. The molecule has 450 valence electrons. The Balaban J connectivity index is 4.16. The number of carbonyl (C=O) groups is 2. The quantitative estimate of drug-likeness (QED) is 0.0211. The van der Waals surface area contributed by atoms with Gasteiger partial charge < -0.3 is 18.9 Å². The minimum absolute atomic E-state index is 0.0133. The summed E-state index contributed by atoms with van der Waals surface area (Å²) >= 11 is 0. The maximum Gasteiger partial charge on any atom is 0.472 e. The predicted octanol–water partition coefficient (Wildman–Crippen LogP) is 19.8. The Labute approximate surface area is 489 Å². The first-order valence-corrected chi connectivity index (χ1v) is 32.4. The Morgan fingerprint density at radius 3 is 1.04 bits per heavy atom. The molecule has 2 atom stereocenters. The van der Waals surface area contributed by atoms with Gasteiger partial charge in [-0.3, -0.25) is 18.6 Å². The fraction of sp³-hybridized carbons (Fsp3) is 0.571. The van der Waals surface area contributed by atoms with Crippen molar-refractivity contribution < 1.29 is 42.1 Å². The maximum absolute atomic E-state index is 12.8. The van der Waals surface area contributed by atoms with E-state index in [4.69, 9.17) is 18.5 Å². The number of carbonyl (C=O) groups excluding carboxylic acids is 2. The largest absolute Gasteiger partial charge is 0.472 e. The van der Waals surface area contributed by atoms with Crippen molar-refractivity contribution in [1.82, 2.24) is 0 Å². The number of rotatable bonds is 54. The van der Waals surface area contributed by atoms with Crippen LogP contribution in [0, 0.1) is 0 Å². The van der Waals surface area contributed by atoms with Crippen molar-refractivity contribution >= 4 is 19.8 Å². The number of nitrogens with zero attached hydrogens (tertiary/aromatic N) is 1. The van der Waals surface area contributed by atoms with Gasteiger partial charge in [-0.2, -0.15) is 0 Å². The first-order chi connectivity index (χ1) is 39.0. The van der Waals surface area contributed by atoms with Crippen LogP contribution in [0.3, 0.4) is 0 Å². The average Bonchev–Trinajstić information content (AvgIpc) is 3.42. The van der Waals surface area contributed by atoms with Crippen molar-refractivity contribution in [1.29, 1.82) is 0 Å². The summed E-state index contributed by atoms with van der Waals surface area (Å²) in [4.78, 5) is 35.7. The summed E-state index contributed by atoms with van der Waals surface area (Å²) in [7, 11) is 1.42. The second-order valence-corrected chi connectivity index (χ2v) is 22.4. The zero-order chi connectivity index (χ0) is 58.4. The number of likely N-dealkylation sites (N-methyl/N-ethyl adjacent to an activating group) is 1. The molecule has 0 amide bonds. The van der Waals surface area contributed by atoms with Gasteiger partial charge in [0.15, 0.2) is 6.10 Å². The number of esters is 2. The van der Waals surface area contributed by atoms with Gasteiger partial charge in [-0.05, 0) is 122 Å². The van der Waals surface area contributed by atoms with Gasteiger partial charge in [0, 0.05) is 12.8 Å². The molecule has 0 saturated carbocycles. The number of hydrogen-bond acceptors (Lipinski definition) is 7. The molecule has 0 aromatic heterocycles. The normalized spacial score (nSPS) is 14.4. The van der Waals surface area contributed by atoms with E-state index in [-0.39, 0.29) is 26.1 Å². The van der Waals surface area contributed by atoms with E-state index in [1.54, 1.807) is 0 Å². The molecule has 0 fully saturated rings. The Bertz CT molecular complexity index is 1950. The lowest BCUT2D eigenvalue weighted by atomic mass is 10.0. The SMILES string of the molecule is CC/C=C\C/C=C\C/C=C\C/C=C\C/C=C\C/C=C\C/C=C\C/C=C\C/C=C\CCCCCCCCCCCCCC(=O)OC(COC(=O)CCC/C=C\C/C=C\C/C=C\C/C=C\C/C=C\CC)COP(=O)(O)OCC[N+](C)(C)C. The third kappa shape index (κ3) is 62.6. The molecule has 0 aromatic rings. The molecule has 0 aliphatic carbocycles. The highest BCUT2D eigenvalue weighted by atomic mass is 31.2. The van der Waals surface area contributed by atoms with Crippen molar-refractivity contribution in [3.63, 3.8) is 0 Å². The monoisotopic (exact) mass is 1130 g/mol. The van der Waals surface area contributed by atoms with Crippen molar-refractivity contribution in [2.75, 3.05) is 47.5 Å². The molecule has 0 heterocycles. The highest BCUT2D eigenvalue weighted by Gasteiger charge is 2.27. The maximum atomic E-state index is 12.8. The number of quaternary nitrogens is 1. The van der Waals surface area contributed by atoms with E-state index in [1.165, 1.54) is 44.9 Å². The highest BCUT2D eigenvalue weighted by Crippen LogP contribution is 2.43. The van der Waals surface area contributed by atoms with Gasteiger partial charge >= 0.3 is 19.8 Å². The second-order valence-electron chi connectivity index (χ2n) is 21.0. The molecule has 0 radical (unpaired) electrons. The topological polar surface area (TPSA) is 108 Å². The standard InChI is InChI=1S/C70H112NO8P/c1-6-8-10-12-14-16-18-20-22-24-25-26-27-28-29-30-31-32-33-34-35-36-37-38-39-40-41-42-43-44-45-47-49-51-53-55-57-59-61-63-70(73)79-68(67-78-80(74,75)77-65-64-71(3,4)5)66-76-69(72)62-60-58-56-54-52-50-48-46-23-21-19-17-15-13-11-9-7-2/h8-11,14-17,20-23,25-26,28-29,31-32,34-35,37-38,40-41,48,50,54,56,68H,6-7,12-13,18-19,24,27,30,33,36,39,42-47,49,51-53,55,57-67H2,1-5H3/p+1/b10-8-,11-9-,16-14-,17-15-,22-20-,23-21-,26-25-,29-28-,32-31-,35-34-,38-37-,41-40-,50-48-,56-54-. The van der Waals surface area contributed by atoms with Gasteiger partial charge in [-0.25, -0.2) is 4.57 Å². The van der Waals surface area contributed by atoms with E-state index in [0.29, 0.717) is 23.9 Å². The first-order valence-electron chi connectivity index (χ1n) is 30.9. The summed E-state index contributed by atoms with van der Waals surface area (Å²) < 4.78 is 34.5. The summed E-state index contributed by atoms with van der Waals surface area (Å²) in [6.45, 7) is 4.11. The smallest absolute Gasteiger partial charge is 0.462 e. The lowest BCUT2D eigenvalue weighted by Gasteiger charge is -2.24. The zero-order valence-electron chi connectivity index (χ0n) is 51.0. The van der Waals surface area contributed by atoms with Gasteiger partial charge in [0.2, 0.25) is 0 Å². The summed E-state index contributed by atoms with van der Waals surface area (Å²) in [5.41, 5.74) is 0. The van der Waals surface area contributed by atoms with Gasteiger partial charge in [0.1, 0.15) is 19.8 Å². The predicted molar refractivity (Wildman–Crippen MR) is 343 cm³/mol. The van der Waals surface area contributed by atoms with Crippen LogP contribution < -0.4 is 0 Å². The molecule has 1 N–H and O–H groups in total. The summed E-state index contributed by atoms with van der Waals surface area (Å²) in [6, 6.07) is 0. The number of phosphoric ester groups is 1. The zero-order valence-corrected chi connectivity index (χ0v) is 51.9. The molecule has 80 heavy (non-hydrogen) atoms. The molecule has 0 rings (SSSR count). The Morgan fingerprint density at radius 2 is 0.688 bits per heavy atom. The van der Waals surface area contributed by atoms with Crippen LogP contribution in [0.5, 0.6) is 0 Å². The fourth-order valence-corrected chi connectivity index (χ4v) is 8.31. The van der Waals surface area contributed by atoms with E-state index in [9.17, 15) is 19.0 Å². The van der Waals surface area contributed by atoms with Crippen LogP contribution in [0.1, 0.15) is 206 Å². The van der Waals surface area contributed by atoms with Crippen molar-refractivity contribution in [3.8, 4) is 0 Å². The number of allylic oxidation sites excluding steroid dienone is 28. The van der Waals surface area contributed by atoms with Gasteiger partial charge in [-0.15, -0.1) is 0 Å². The van der Waals surface area contributed by atoms with Gasteiger partial charge in [0.05, 0.1) is 27.7 Å². The number of unbranched alkanes of at least 4 members (excludes halogenated alkanes) is 12. The third-order valence-corrected chi connectivity index (χ3v) is 13.2. The minimum Gasteiger partial charge on any atom is -0.462 e. The Morgan fingerprint density at radius 1 is 0.388 bits per heavy atom. The van der Waals surface area contributed by atoms with Crippen LogP contribution in [-0.2, 0) is 32.7 Å². The number of hydrogen-bond donors (Lipinski definition) is 1. The minimum atomic E-state index is -4.41.